The van der Waals surface area contributed by atoms with Crippen molar-refractivity contribution in [3.63, 3.8) is 0 Å². The van der Waals surface area contributed by atoms with E-state index in [2.05, 4.69) is 28.8 Å². The van der Waals surface area contributed by atoms with Crippen LogP contribution in [0.1, 0.15) is 24.5 Å². The molecule has 0 aromatic heterocycles. The number of hydrogen-bond donors (Lipinski definition) is 2. The fourth-order valence-corrected chi connectivity index (χ4v) is 3.62. The molecular formula is C19H20N2O2S. The maximum Gasteiger partial charge on any atom is 0.234 e. The molecule has 1 aliphatic carbocycles. The van der Waals surface area contributed by atoms with E-state index < -0.39 is 0 Å². The third kappa shape index (κ3) is 4.38. The molecular weight excluding hydrogens is 320 g/mol. The topological polar surface area (TPSA) is 58.2 Å². The molecule has 5 heteroatoms. The molecule has 0 heterocycles. The van der Waals surface area contributed by atoms with Gasteiger partial charge in [0, 0.05) is 23.2 Å². The molecule has 124 valence electrons. The largest absolute Gasteiger partial charge is 0.326 e. The van der Waals surface area contributed by atoms with E-state index >= 15 is 0 Å². The maximum absolute atomic E-state index is 12.1. The Morgan fingerprint density at radius 3 is 2.54 bits per heavy atom. The Morgan fingerprint density at radius 2 is 1.75 bits per heavy atom. The minimum atomic E-state index is -0.134. The Kier molecular flexibility index (Phi) is 5.20. The van der Waals surface area contributed by atoms with Crippen LogP contribution in [-0.4, -0.2) is 17.6 Å². The highest BCUT2D eigenvalue weighted by atomic mass is 32.2. The molecule has 2 aromatic rings. The van der Waals surface area contributed by atoms with Crippen LogP contribution in [0.3, 0.4) is 0 Å². The minimum Gasteiger partial charge on any atom is -0.326 e. The molecule has 3 rings (SSSR count). The highest BCUT2D eigenvalue weighted by Crippen LogP contribution is 2.27. The van der Waals surface area contributed by atoms with E-state index in [-0.39, 0.29) is 11.8 Å². The van der Waals surface area contributed by atoms with Crippen LogP contribution in [0, 0.1) is 0 Å². The van der Waals surface area contributed by atoms with Crippen molar-refractivity contribution >= 4 is 35.0 Å². The molecule has 2 N–H and O–H groups in total. The number of fused-ring (bicyclic) bond motifs is 1. The molecule has 0 saturated carbocycles. The molecule has 0 saturated heterocycles. The molecule has 0 radical (unpaired) electrons. The van der Waals surface area contributed by atoms with Gasteiger partial charge in [-0.05, 0) is 60.7 Å². The van der Waals surface area contributed by atoms with Crippen LogP contribution < -0.4 is 10.6 Å². The van der Waals surface area contributed by atoms with Gasteiger partial charge in [-0.15, -0.1) is 11.8 Å². The number of benzene rings is 2. The second-order valence-electron chi connectivity index (χ2n) is 5.88. The molecule has 24 heavy (non-hydrogen) atoms. The summed E-state index contributed by atoms with van der Waals surface area (Å²) in [6, 6.07) is 13.6. The normalized spacial score (nSPS) is 12.5. The second kappa shape index (κ2) is 7.53. The highest BCUT2D eigenvalue weighted by Gasteiger charge is 2.11. The van der Waals surface area contributed by atoms with Crippen LogP contribution in [0.4, 0.5) is 11.4 Å². The van der Waals surface area contributed by atoms with Gasteiger partial charge < -0.3 is 10.6 Å². The molecule has 0 aliphatic heterocycles. The van der Waals surface area contributed by atoms with Crippen LogP contribution in [0.15, 0.2) is 47.4 Å². The summed E-state index contributed by atoms with van der Waals surface area (Å²) < 4.78 is 0. The van der Waals surface area contributed by atoms with E-state index in [0.717, 1.165) is 11.3 Å². The third-order valence-electron chi connectivity index (χ3n) is 3.91. The summed E-state index contributed by atoms with van der Waals surface area (Å²) in [5.74, 6) is 0.175. The Hall–Kier alpha value is -2.27. The van der Waals surface area contributed by atoms with E-state index in [1.807, 2.05) is 6.07 Å². The van der Waals surface area contributed by atoms with Gasteiger partial charge in [0.15, 0.2) is 0 Å². The number of thioether (sulfide) groups is 1. The van der Waals surface area contributed by atoms with Crippen LogP contribution in [-0.2, 0) is 22.4 Å². The number of carbonyl (C=O) groups excluding carboxylic acids is 2. The summed E-state index contributed by atoms with van der Waals surface area (Å²) in [4.78, 5) is 24.4. The van der Waals surface area contributed by atoms with E-state index in [4.69, 9.17) is 0 Å². The zero-order valence-corrected chi connectivity index (χ0v) is 14.4. The molecule has 0 fully saturated rings. The smallest absolute Gasteiger partial charge is 0.234 e. The molecule has 1 aliphatic rings. The van der Waals surface area contributed by atoms with E-state index in [1.165, 1.54) is 30.9 Å². The average Bonchev–Trinajstić information content (AvgIpc) is 3.00. The fraction of sp³-hybridized carbons (Fsp3) is 0.263. The Labute approximate surface area is 146 Å². The average molecular weight is 340 g/mol. The van der Waals surface area contributed by atoms with Crippen molar-refractivity contribution < 1.29 is 9.59 Å². The first-order valence-electron chi connectivity index (χ1n) is 8.02. The number of rotatable bonds is 5. The Bertz CT molecular complexity index is 774. The molecule has 0 atom stereocenters. The van der Waals surface area contributed by atoms with Crippen LogP contribution in [0.2, 0.25) is 0 Å². The number of nitrogens with one attached hydrogen (secondary N) is 2. The van der Waals surface area contributed by atoms with Crippen molar-refractivity contribution in [2.45, 2.75) is 31.1 Å². The summed E-state index contributed by atoms with van der Waals surface area (Å²) in [5.41, 5.74) is 4.22. The van der Waals surface area contributed by atoms with Crippen molar-refractivity contribution in [3.05, 3.63) is 53.6 Å². The lowest BCUT2D eigenvalue weighted by Crippen LogP contribution is -2.14. The molecule has 4 nitrogen and oxygen atoms in total. The summed E-state index contributed by atoms with van der Waals surface area (Å²) in [6.07, 6.45) is 3.55. The fourth-order valence-electron chi connectivity index (χ4n) is 2.86. The number of aryl methyl sites for hydroxylation is 2. The van der Waals surface area contributed by atoms with Crippen LogP contribution in [0.25, 0.3) is 0 Å². The van der Waals surface area contributed by atoms with E-state index in [1.54, 1.807) is 30.0 Å². The monoisotopic (exact) mass is 340 g/mol. The summed E-state index contributed by atoms with van der Waals surface area (Å²) in [7, 11) is 0. The maximum atomic E-state index is 12.1. The molecule has 0 bridgehead atoms. The molecule has 2 amide bonds. The first kappa shape index (κ1) is 16.6. The third-order valence-corrected chi connectivity index (χ3v) is 4.90. The van der Waals surface area contributed by atoms with Crippen molar-refractivity contribution in [1.82, 2.24) is 0 Å². The van der Waals surface area contributed by atoms with Gasteiger partial charge in [0.05, 0.1) is 5.75 Å². The molecule has 0 unspecified atom stereocenters. The van der Waals surface area contributed by atoms with Gasteiger partial charge in [0.25, 0.3) is 0 Å². The summed E-state index contributed by atoms with van der Waals surface area (Å²) >= 11 is 1.55. The zero-order valence-electron chi connectivity index (χ0n) is 13.6. The minimum absolute atomic E-state index is 0.0551. The Morgan fingerprint density at radius 1 is 1.00 bits per heavy atom. The molecule has 2 aromatic carbocycles. The van der Waals surface area contributed by atoms with Crippen molar-refractivity contribution in [3.8, 4) is 0 Å². The predicted molar refractivity (Wildman–Crippen MR) is 98.6 cm³/mol. The van der Waals surface area contributed by atoms with Gasteiger partial charge in [0.1, 0.15) is 0 Å². The molecule has 0 spiro atoms. The lowest BCUT2D eigenvalue weighted by molar-refractivity contribution is -0.114. The zero-order chi connectivity index (χ0) is 16.9. The predicted octanol–water partition coefficient (Wildman–Crippen LogP) is 3.86. The van der Waals surface area contributed by atoms with Crippen molar-refractivity contribution in [1.29, 1.82) is 0 Å². The van der Waals surface area contributed by atoms with Gasteiger partial charge in [-0.3, -0.25) is 9.59 Å². The second-order valence-corrected chi connectivity index (χ2v) is 6.93. The Balaban J connectivity index is 1.55. The number of carbonyl (C=O) groups is 2. The van der Waals surface area contributed by atoms with Gasteiger partial charge >= 0.3 is 0 Å². The lowest BCUT2D eigenvalue weighted by atomic mass is 10.1. The van der Waals surface area contributed by atoms with Gasteiger partial charge in [0.2, 0.25) is 11.8 Å². The van der Waals surface area contributed by atoms with Crippen LogP contribution >= 0.6 is 11.8 Å². The van der Waals surface area contributed by atoms with E-state index in [0.29, 0.717) is 17.1 Å². The number of hydrogen-bond acceptors (Lipinski definition) is 3. The quantitative estimate of drug-likeness (QED) is 0.813. The first-order chi connectivity index (χ1) is 11.6. The van der Waals surface area contributed by atoms with Crippen molar-refractivity contribution in [2.24, 2.45) is 0 Å². The van der Waals surface area contributed by atoms with Gasteiger partial charge in [-0.1, -0.05) is 12.1 Å². The van der Waals surface area contributed by atoms with Gasteiger partial charge in [-0.25, -0.2) is 0 Å². The van der Waals surface area contributed by atoms with Crippen molar-refractivity contribution in [2.75, 3.05) is 16.4 Å². The SMILES string of the molecule is CC(=O)Nc1cccc(NC(=O)CSc2ccc3c(c2)CCC3)c1. The lowest BCUT2D eigenvalue weighted by Gasteiger charge is -2.08. The van der Waals surface area contributed by atoms with E-state index in [9.17, 15) is 9.59 Å². The summed E-state index contributed by atoms with van der Waals surface area (Å²) in [5, 5.41) is 5.57. The van der Waals surface area contributed by atoms with Gasteiger partial charge in [-0.2, -0.15) is 0 Å². The highest BCUT2D eigenvalue weighted by molar-refractivity contribution is 8.00. The summed E-state index contributed by atoms with van der Waals surface area (Å²) in [6.45, 7) is 1.46. The van der Waals surface area contributed by atoms with Crippen LogP contribution in [0.5, 0.6) is 0 Å². The number of amides is 2. The first-order valence-corrected chi connectivity index (χ1v) is 9.01. The standard InChI is InChI=1S/C19H20N2O2S/c1-13(22)20-16-6-3-7-17(11-16)21-19(23)12-24-18-9-8-14-4-2-5-15(14)10-18/h3,6-11H,2,4-5,12H2,1H3,(H,20,22)(H,21,23). The number of anilines is 2.